The van der Waals surface area contributed by atoms with Crippen LogP contribution >= 0.6 is 0 Å². The number of amides is 1. The van der Waals surface area contributed by atoms with Gasteiger partial charge in [0, 0.05) is 30.6 Å². The van der Waals surface area contributed by atoms with Gasteiger partial charge in [-0.15, -0.1) is 0 Å². The first-order valence-corrected chi connectivity index (χ1v) is 11.0. The van der Waals surface area contributed by atoms with E-state index in [4.69, 9.17) is 0 Å². The molecule has 2 bridgehead atoms. The van der Waals surface area contributed by atoms with Gasteiger partial charge in [0.2, 0.25) is 5.91 Å². The van der Waals surface area contributed by atoms with Crippen LogP contribution in [0, 0.1) is 11.3 Å². The van der Waals surface area contributed by atoms with Gasteiger partial charge in [-0.25, -0.2) is 0 Å². The zero-order valence-corrected chi connectivity index (χ0v) is 18.2. The van der Waals surface area contributed by atoms with Gasteiger partial charge in [-0.2, -0.15) is 0 Å². The Hall–Kier alpha value is -1.55. The first-order valence-electron chi connectivity index (χ1n) is 11.0. The fraction of sp³-hybridized carbons (Fsp3) is 0.708. The maximum absolute atomic E-state index is 13.6. The largest absolute Gasteiger partial charge is 0.508 e. The number of nitrogens with zero attached hydrogens (tertiary/aromatic N) is 2. The molecule has 2 aliphatic heterocycles. The van der Waals surface area contributed by atoms with Crippen molar-refractivity contribution in [3.05, 3.63) is 29.3 Å². The Morgan fingerprint density at radius 1 is 1.21 bits per heavy atom. The van der Waals surface area contributed by atoms with E-state index in [1.54, 1.807) is 6.07 Å². The van der Waals surface area contributed by atoms with E-state index in [0.717, 1.165) is 50.9 Å². The van der Waals surface area contributed by atoms with Crippen molar-refractivity contribution in [3.63, 3.8) is 0 Å². The van der Waals surface area contributed by atoms with Crippen molar-refractivity contribution in [2.75, 3.05) is 19.6 Å². The molecule has 0 spiro atoms. The van der Waals surface area contributed by atoms with Crippen molar-refractivity contribution in [2.24, 2.45) is 11.3 Å². The number of aromatic hydroxyl groups is 1. The molecule has 4 rings (SSSR count). The highest BCUT2D eigenvalue weighted by Gasteiger charge is 2.57. The average molecular weight is 385 g/mol. The third kappa shape index (κ3) is 2.79. The fourth-order valence-corrected chi connectivity index (χ4v) is 6.10. The van der Waals surface area contributed by atoms with Crippen LogP contribution in [0.15, 0.2) is 18.2 Å². The molecular formula is C24H36N2O2. The molecule has 1 aromatic carbocycles. The molecule has 1 aliphatic carbocycles. The summed E-state index contributed by atoms with van der Waals surface area (Å²) >= 11 is 0. The minimum atomic E-state index is -0.0197. The summed E-state index contributed by atoms with van der Waals surface area (Å²) in [7, 11) is 0. The smallest absolute Gasteiger partial charge is 0.227 e. The van der Waals surface area contributed by atoms with Crippen molar-refractivity contribution in [2.45, 2.75) is 77.8 Å². The maximum Gasteiger partial charge on any atom is 0.227 e. The Morgan fingerprint density at radius 2 is 1.96 bits per heavy atom. The van der Waals surface area contributed by atoms with Gasteiger partial charge in [0.05, 0.1) is 5.92 Å². The summed E-state index contributed by atoms with van der Waals surface area (Å²) in [6.07, 6.45) is 3.83. The van der Waals surface area contributed by atoms with E-state index in [1.165, 1.54) is 5.56 Å². The monoisotopic (exact) mass is 384 g/mol. The van der Waals surface area contributed by atoms with Crippen molar-refractivity contribution in [1.29, 1.82) is 0 Å². The number of carbonyl (C=O) groups is 1. The number of benzene rings is 1. The fourth-order valence-electron chi connectivity index (χ4n) is 6.10. The highest BCUT2D eigenvalue weighted by molar-refractivity contribution is 5.80. The molecule has 1 aromatic rings. The van der Waals surface area contributed by atoms with Crippen LogP contribution in [0.25, 0.3) is 0 Å². The number of likely N-dealkylation sites (tertiary alicyclic amines) is 2. The van der Waals surface area contributed by atoms with Gasteiger partial charge in [-0.1, -0.05) is 32.9 Å². The summed E-state index contributed by atoms with van der Waals surface area (Å²) in [5, 5.41) is 10.6. The summed E-state index contributed by atoms with van der Waals surface area (Å²) in [4.78, 5) is 18.3. The predicted octanol–water partition coefficient (Wildman–Crippen LogP) is 3.95. The van der Waals surface area contributed by atoms with E-state index >= 15 is 0 Å². The summed E-state index contributed by atoms with van der Waals surface area (Å²) in [6, 6.07) is 6.59. The molecule has 1 amide bonds. The van der Waals surface area contributed by atoms with Crippen molar-refractivity contribution >= 4 is 5.91 Å². The van der Waals surface area contributed by atoms with E-state index in [1.807, 2.05) is 6.07 Å². The topological polar surface area (TPSA) is 43.8 Å². The normalized spacial score (nSPS) is 32.3. The average Bonchev–Trinajstić information content (AvgIpc) is 2.65. The summed E-state index contributed by atoms with van der Waals surface area (Å²) in [5.74, 6) is 0.841. The van der Waals surface area contributed by atoms with Crippen molar-refractivity contribution < 1.29 is 9.90 Å². The van der Waals surface area contributed by atoms with Gasteiger partial charge < -0.3 is 14.9 Å². The minimum Gasteiger partial charge on any atom is -0.508 e. The second-order valence-corrected chi connectivity index (χ2v) is 10.3. The van der Waals surface area contributed by atoms with Crippen LogP contribution in [0.2, 0.25) is 0 Å². The quantitative estimate of drug-likeness (QED) is 0.839. The molecule has 2 fully saturated rings. The second kappa shape index (κ2) is 6.76. The number of phenols is 1. The highest BCUT2D eigenvalue weighted by atomic mass is 16.3. The van der Waals surface area contributed by atoms with Crippen molar-refractivity contribution in [3.8, 4) is 5.75 Å². The van der Waals surface area contributed by atoms with Crippen LogP contribution in [0.1, 0.15) is 65.0 Å². The zero-order valence-electron chi connectivity index (χ0n) is 18.2. The molecule has 0 saturated carbocycles. The van der Waals surface area contributed by atoms with Gasteiger partial charge in [0.15, 0.2) is 0 Å². The molecular weight excluding hydrogens is 348 g/mol. The van der Waals surface area contributed by atoms with E-state index in [2.05, 4.69) is 50.5 Å². The zero-order chi connectivity index (χ0) is 20.3. The first-order chi connectivity index (χ1) is 13.2. The molecule has 3 aliphatic rings. The first kappa shape index (κ1) is 19.8. The predicted molar refractivity (Wildman–Crippen MR) is 112 cm³/mol. The van der Waals surface area contributed by atoms with Gasteiger partial charge in [0.1, 0.15) is 5.75 Å². The number of carbonyl (C=O) groups excluding carboxylic acids is 1. The lowest BCUT2D eigenvalue weighted by atomic mass is 9.51. The number of hydrogen-bond donors (Lipinski definition) is 1. The molecule has 1 unspecified atom stereocenters. The molecule has 1 N–H and O–H groups in total. The third-order valence-corrected chi connectivity index (χ3v) is 8.44. The molecule has 3 atom stereocenters. The van der Waals surface area contributed by atoms with Gasteiger partial charge in [0.25, 0.3) is 0 Å². The van der Waals surface area contributed by atoms with Crippen LogP contribution in [0.3, 0.4) is 0 Å². The number of fused-ring (bicyclic) bond motifs is 4. The van der Waals surface area contributed by atoms with E-state index < -0.39 is 0 Å². The third-order valence-electron chi connectivity index (χ3n) is 8.44. The summed E-state index contributed by atoms with van der Waals surface area (Å²) in [6.45, 7) is 14.3. The standard InChI is InChI=1S/C24H36N2O2/c1-16(2)25-12-7-8-17(15-25)22(28)26-13-11-24(5)19-9-6-10-20(27)18(19)14-21(26)23(24,3)4/h6,9-10,16-17,21,27H,7-8,11-15H2,1-5H3/t17?,21-,24+/m1/s1. The number of rotatable bonds is 2. The Labute approximate surface area is 169 Å². The molecule has 0 radical (unpaired) electrons. The molecule has 0 aromatic heterocycles. The van der Waals surface area contributed by atoms with Crippen LogP contribution in [-0.4, -0.2) is 52.5 Å². The highest BCUT2D eigenvalue weighted by Crippen LogP contribution is 2.57. The number of hydrogen-bond acceptors (Lipinski definition) is 3. The van der Waals surface area contributed by atoms with Crippen LogP contribution < -0.4 is 0 Å². The molecule has 2 heterocycles. The summed E-state index contributed by atoms with van der Waals surface area (Å²) in [5.41, 5.74) is 2.30. The Bertz CT molecular complexity index is 772. The van der Waals surface area contributed by atoms with Gasteiger partial charge >= 0.3 is 0 Å². The SMILES string of the molecule is CC(C)N1CCCC(C(=O)N2CC[C@@]3(C)c4cccc(O)c4C[C@@H]2C3(C)C)C1. The molecule has 28 heavy (non-hydrogen) atoms. The molecule has 2 saturated heterocycles. The summed E-state index contributed by atoms with van der Waals surface area (Å²) < 4.78 is 0. The number of piperidine rings is 2. The maximum atomic E-state index is 13.6. The van der Waals surface area contributed by atoms with E-state index in [9.17, 15) is 9.90 Å². The van der Waals surface area contributed by atoms with Crippen LogP contribution in [0.4, 0.5) is 0 Å². The second-order valence-electron chi connectivity index (χ2n) is 10.3. The van der Waals surface area contributed by atoms with Gasteiger partial charge in [-0.3, -0.25) is 4.79 Å². The van der Waals surface area contributed by atoms with Crippen LogP contribution in [-0.2, 0) is 16.6 Å². The van der Waals surface area contributed by atoms with Crippen molar-refractivity contribution in [1.82, 2.24) is 9.80 Å². The lowest BCUT2D eigenvalue weighted by Crippen LogP contribution is -2.66. The van der Waals surface area contributed by atoms with E-state index in [-0.39, 0.29) is 22.8 Å². The molecule has 4 nitrogen and oxygen atoms in total. The molecule has 154 valence electrons. The Balaban J connectivity index is 1.65. The lowest BCUT2D eigenvalue weighted by molar-refractivity contribution is -0.150. The minimum absolute atomic E-state index is 0.0166. The molecule has 4 heteroatoms. The van der Waals surface area contributed by atoms with E-state index in [0.29, 0.717) is 17.7 Å². The van der Waals surface area contributed by atoms with Crippen LogP contribution in [0.5, 0.6) is 5.75 Å². The van der Waals surface area contributed by atoms with Gasteiger partial charge in [-0.05, 0) is 68.7 Å². The Morgan fingerprint density at radius 3 is 2.68 bits per heavy atom. The lowest BCUT2D eigenvalue weighted by Gasteiger charge is -2.61. The Kier molecular flexibility index (Phi) is 4.77. The number of phenolic OH excluding ortho intramolecular Hbond substituents is 1.